The van der Waals surface area contributed by atoms with Crippen LogP contribution in [0.1, 0.15) is 12.5 Å². The minimum absolute atomic E-state index is 1.16. The number of hydrogen-bond acceptors (Lipinski definition) is 1. The van der Waals surface area contributed by atoms with E-state index in [0.29, 0.717) is 0 Å². The highest BCUT2D eigenvalue weighted by molar-refractivity contribution is 5.60. The van der Waals surface area contributed by atoms with Gasteiger partial charge in [0.15, 0.2) is 0 Å². The van der Waals surface area contributed by atoms with Gasteiger partial charge in [-0.15, -0.1) is 0 Å². The number of allylic oxidation sites excluding steroid dienone is 1. The minimum atomic E-state index is 1.16. The second-order valence-electron chi connectivity index (χ2n) is 3.03. The van der Waals surface area contributed by atoms with Crippen molar-refractivity contribution >= 4 is 6.08 Å². The quantitative estimate of drug-likeness (QED) is 0.701. The fourth-order valence-corrected chi connectivity index (χ4v) is 1.44. The molecule has 0 aliphatic heterocycles. The van der Waals surface area contributed by atoms with Crippen molar-refractivity contribution in [2.45, 2.75) is 6.92 Å². The van der Waals surface area contributed by atoms with Gasteiger partial charge in [0.25, 0.3) is 0 Å². The Bertz CT molecular complexity index is 427. The summed E-state index contributed by atoms with van der Waals surface area (Å²) in [5.41, 5.74) is 2.36. The molecule has 0 bridgehead atoms. The molecular weight excluding hydrogens is 172 g/mol. The van der Waals surface area contributed by atoms with Crippen LogP contribution in [0.3, 0.4) is 0 Å². The zero-order valence-electron chi connectivity index (χ0n) is 8.09. The van der Waals surface area contributed by atoms with Gasteiger partial charge in [-0.05, 0) is 18.6 Å². The Morgan fingerprint density at radius 1 is 1.29 bits per heavy atom. The largest absolute Gasteiger partial charge is 0.306 e. The van der Waals surface area contributed by atoms with Crippen molar-refractivity contribution in [1.82, 2.24) is 9.55 Å². The molecule has 0 amide bonds. The minimum Gasteiger partial charge on any atom is -0.306 e. The molecule has 0 radical (unpaired) electrons. The highest BCUT2D eigenvalue weighted by Crippen LogP contribution is 2.15. The topological polar surface area (TPSA) is 17.8 Å². The maximum atomic E-state index is 4.04. The molecular formula is C12H12N2. The van der Waals surface area contributed by atoms with Gasteiger partial charge >= 0.3 is 0 Å². The van der Waals surface area contributed by atoms with Gasteiger partial charge in [-0.25, -0.2) is 4.98 Å². The molecule has 0 N–H and O–H groups in total. The third-order valence-corrected chi connectivity index (χ3v) is 2.07. The van der Waals surface area contributed by atoms with Gasteiger partial charge in [-0.3, -0.25) is 0 Å². The van der Waals surface area contributed by atoms with E-state index in [1.807, 2.05) is 42.2 Å². The molecule has 0 saturated carbocycles. The predicted octanol–water partition coefficient (Wildman–Crippen LogP) is 2.91. The Kier molecular flexibility index (Phi) is 2.45. The summed E-state index contributed by atoms with van der Waals surface area (Å²) >= 11 is 0. The zero-order valence-corrected chi connectivity index (χ0v) is 8.09. The van der Waals surface area contributed by atoms with Crippen molar-refractivity contribution in [2.75, 3.05) is 0 Å². The average Bonchev–Trinajstić information content (AvgIpc) is 2.72. The SMILES string of the molecule is C/C=C\c1ccccc1-n1ccnc1. The van der Waals surface area contributed by atoms with Gasteiger partial charge in [0.2, 0.25) is 0 Å². The molecule has 0 atom stereocenters. The van der Waals surface area contributed by atoms with E-state index >= 15 is 0 Å². The normalized spacial score (nSPS) is 10.9. The van der Waals surface area contributed by atoms with Crippen LogP contribution in [0.2, 0.25) is 0 Å². The number of rotatable bonds is 2. The molecule has 1 heterocycles. The summed E-state index contributed by atoms with van der Waals surface area (Å²) in [6.45, 7) is 2.02. The van der Waals surface area contributed by atoms with Crippen LogP contribution < -0.4 is 0 Å². The van der Waals surface area contributed by atoms with Crippen LogP contribution in [-0.2, 0) is 0 Å². The van der Waals surface area contributed by atoms with Crippen LogP contribution in [0.15, 0.2) is 49.1 Å². The monoisotopic (exact) mass is 184 g/mol. The van der Waals surface area contributed by atoms with Crippen molar-refractivity contribution in [3.05, 3.63) is 54.6 Å². The standard InChI is InChI=1S/C12H12N2/c1-2-5-11-6-3-4-7-12(11)14-9-8-13-10-14/h2-10H,1H3/b5-2-. The van der Waals surface area contributed by atoms with Crippen molar-refractivity contribution in [1.29, 1.82) is 0 Å². The first-order chi connectivity index (χ1) is 6.92. The molecule has 14 heavy (non-hydrogen) atoms. The van der Waals surface area contributed by atoms with Crippen molar-refractivity contribution in [2.24, 2.45) is 0 Å². The zero-order chi connectivity index (χ0) is 9.80. The Morgan fingerprint density at radius 2 is 2.14 bits per heavy atom. The van der Waals surface area contributed by atoms with E-state index in [4.69, 9.17) is 0 Å². The smallest absolute Gasteiger partial charge is 0.0991 e. The van der Waals surface area contributed by atoms with Gasteiger partial charge in [-0.2, -0.15) is 0 Å². The van der Waals surface area contributed by atoms with Crippen molar-refractivity contribution in [3.63, 3.8) is 0 Å². The second kappa shape index (κ2) is 3.92. The lowest BCUT2D eigenvalue weighted by atomic mass is 10.1. The van der Waals surface area contributed by atoms with Gasteiger partial charge in [0.1, 0.15) is 0 Å². The van der Waals surface area contributed by atoms with Crippen LogP contribution in [0.5, 0.6) is 0 Å². The second-order valence-corrected chi connectivity index (χ2v) is 3.03. The van der Waals surface area contributed by atoms with Crippen molar-refractivity contribution < 1.29 is 0 Å². The van der Waals surface area contributed by atoms with E-state index in [1.165, 1.54) is 5.56 Å². The van der Waals surface area contributed by atoms with Gasteiger partial charge in [0.05, 0.1) is 12.0 Å². The van der Waals surface area contributed by atoms with E-state index in [1.54, 1.807) is 6.20 Å². The molecule has 0 unspecified atom stereocenters. The molecule has 1 aromatic carbocycles. The first-order valence-corrected chi connectivity index (χ1v) is 4.62. The molecule has 0 aliphatic carbocycles. The molecule has 1 aromatic heterocycles. The maximum absolute atomic E-state index is 4.04. The van der Waals surface area contributed by atoms with Crippen LogP contribution in [0.4, 0.5) is 0 Å². The van der Waals surface area contributed by atoms with Gasteiger partial charge < -0.3 is 4.57 Å². The number of hydrogen-bond donors (Lipinski definition) is 0. The molecule has 70 valence electrons. The summed E-state index contributed by atoms with van der Waals surface area (Å²) in [4.78, 5) is 4.04. The van der Waals surface area contributed by atoms with Crippen LogP contribution in [-0.4, -0.2) is 9.55 Å². The van der Waals surface area contributed by atoms with Gasteiger partial charge in [0, 0.05) is 12.4 Å². The summed E-state index contributed by atoms with van der Waals surface area (Å²) in [7, 11) is 0. The first kappa shape index (κ1) is 8.75. The van der Waals surface area contributed by atoms with E-state index in [9.17, 15) is 0 Å². The highest BCUT2D eigenvalue weighted by atomic mass is 15.0. The number of nitrogens with zero attached hydrogens (tertiary/aromatic N) is 2. The fraction of sp³-hybridized carbons (Fsp3) is 0.0833. The molecule has 0 saturated heterocycles. The van der Waals surface area contributed by atoms with Gasteiger partial charge in [-0.1, -0.05) is 30.4 Å². The van der Waals surface area contributed by atoms with E-state index < -0.39 is 0 Å². The maximum Gasteiger partial charge on any atom is 0.0991 e. The molecule has 0 spiro atoms. The molecule has 0 fully saturated rings. The number of aromatic nitrogens is 2. The summed E-state index contributed by atoms with van der Waals surface area (Å²) < 4.78 is 2.01. The Morgan fingerprint density at radius 3 is 2.86 bits per heavy atom. The van der Waals surface area contributed by atoms with Crippen molar-refractivity contribution in [3.8, 4) is 5.69 Å². The number of para-hydroxylation sites is 1. The fourth-order valence-electron chi connectivity index (χ4n) is 1.44. The molecule has 2 heteroatoms. The Labute approximate surface area is 83.5 Å². The highest BCUT2D eigenvalue weighted by Gasteiger charge is 1.98. The Hall–Kier alpha value is -1.83. The number of imidazole rings is 1. The third kappa shape index (κ3) is 1.59. The lowest BCUT2D eigenvalue weighted by Crippen LogP contribution is -1.92. The van der Waals surface area contributed by atoms with Crippen LogP contribution in [0, 0.1) is 0 Å². The molecule has 2 nitrogen and oxygen atoms in total. The molecule has 2 aromatic rings. The number of benzene rings is 1. The summed E-state index contributed by atoms with van der Waals surface area (Å²) in [5, 5.41) is 0. The molecule has 2 rings (SSSR count). The average molecular weight is 184 g/mol. The third-order valence-electron chi connectivity index (χ3n) is 2.07. The van der Waals surface area contributed by atoms with Crippen LogP contribution in [0.25, 0.3) is 11.8 Å². The summed E-state index contributed by atoms with van der Waals surface area (Å²) in [5.74, 6) is 0. The molecule has 0 aliphatic rings. The van der Waals surface area contributed by atoms with E-state index in [0.717, 1.165) is 5.69 Å². The summed E-state index contributed by atoms with van der Waals surface area (Å²) in [6, 6.07) is 8.24. The van der Waals surface area contributed by atoms with Crippen LogP contribution >= 0.6 is 0 Å². The van der Waals surface area contributed by atoms with E-state index in [-0.39, 0.29) is 0 Å². The first-order valence-electron chi connectivity index (χ1n) is 4.62. The lowest BCUT2D eigenvalue weighted by molar-refractivity contribution is 1.05. The predicted molar refractivity (Wildman–Crippen MR) is 58.3 cm³/mol. The summed E-state index contributed by atoms with van der Waals surface area (Å²) in [6.07, 6.45) is 9.67. The van der Waals surface area contributed by atoms with E-state index in [2.05, 4.69) is 23.2 Å². The Balaban J connectivity index is 2.52. The lowest BCUT2D eigenvalue weighted by Gasteiger charge is -2.05.